The lowest BCUT2D eigenvalue weighted by molar-refractivity contribution is -0.147. The molecule has 0 fully saturated rings. The number of halogens is 5. The van der Waals surface area contributed by atoms with Crippen molar-refractivity contribution in [3.8, 4) is 0 Å². The normalized spacial score (nSPS) is 13.4. The van der Waals surface area contributed by atoms with Crippen LogP contribution in [0.15, 0.2) is 32.9 Å². The van der Waals surface area contributed by atoms with Crippen molar-refractivity contribution < 1.29 is 30.8 Å². The number of carbonyl (C=O) groups excluding carboxylic acids is 1. The van der Waals surface area contributed by atoms with E-state index in [1.54, 1.807) is 0 Å². The largest absolute Gasteiger partial charge is 0.404 e. The highest BCUT2D eigenvalue weighted by Crippen LogP contribution is 2.29. The van der Waals surface area contributed by atoms with Gasteiger partial charge in [0.15, 0.2) is 0 Å². The fourth-order valence-electron chi connectivity index (χ4n) is 1.94. The van der Waals surface area contributed by atoms with Gasteiger partial charge in [-0.3, -0.25) is 4.79 Å². The van der Waals surface area contributed by atoms with E-state index in [0.29, 0.717) is 23.1 Å². The third kappa shape index (κ3) is 5.27. The molecule has 148 valence electrons. The number of anilines is 1. The molecule has 2 aromatic rings. The molecule has 1 amide bonds. The summed E-state index contributed by atoms with van der Waals surface area (Å²) in [7, 11) is -4.45. The number of sulfonamides is 1. The average Bonchev–Trinajstić information content (AvgIpc) is 2.92. The van der Waals surface area contributed by atoms with Crippen LogP contribution in [0.2, 0.25) is 0 Å². The number of carbonyl (C=O) groups is 1. The fraction of sp³-hybridized carbons (Fsp3) is 0.267. The van der Waals surface area contributed by atoms with E-state index in [1.807, 2.05) is 0 Å². The van der Waals surface area contributed by atoms with Gasteiger partial charge in [-0.1, -0.05) is 0 Å². The van der Waals surface area contributed by atoms with Gasteiger partial charge in [-0.25, -0.2) is 12.8 Å². The molecule has 12 heteroatoms. The Morgan fingerprint density at radius 1 is 1.26 bits per heavy atom. The summed E-state index contributed by atoms with van der Waals surface area (Å²) in [5, 5.41) is 2.47. The van der Waals surface area contributed by atoms with Crippen LogP contribution in [0.25, 0.3) is 0 Å². The Labute approximate surface area is 165 Å². The van der Waals surface area contributed by atoms with Crippen molar-refractivity contribution in [1.82, 2.24) is 4.72 Å². The summed E-state index contributed by atoms with van der Waals surface area (Å²) in [6.07, 6.45) is -4.74. The van der Waals surface area contributed by atoms with Crippen LogP contribution in [0.5, 0.6) is 0 Å². The predicted octanol–water partition coefficient (Wildman–Crippen LogP) is 4.44. The van der Waals surface area contributed by atoms with Gasteiger partial charge < -0.3 is 5.32 Å². The van der Waals surface area contributed by atoms with Gasteiger partial charge in [-0.05, 0) is 54.0 Å². The molecule has 2 rings (SSSR count). The van der Waals surface area contributed by atoms with Crippen molar-refractivity contribution in [2.45, 2.75) is 30.3 Å². The molecule has 0 spiro atoms. The molecule has 0 unspecified atom stereocenters. The SMILES string of the molecule is Cc1sc(S(=O)(=O)N[C@H](C)C(F)(F)F)cc1C(=O)Nc1ccc(F)c(Br)c1. The highest BCUT2D eigenvalue weighted by Gasteiger charge is 2.39. The van der Waals surface area contributed by atoms with Crippen molar-refractivity contribution in [3.63, 3.8) is 0 Å². The number of nitrogens with one attached hydrogen (secondary N) is 2. The van der Waals surface area contributed by atoms with E-state index in [4.69, 9.17) is 0 Å². The summed E-state index contributed by atoms with van der Waals surface area (Å²) >= 11 is 3.64. The number of aryl methyl sites for hydroxylation is 1. The second-order valence-corrected chi connectivity index (χ2v) is 9.55. The van der Waals surface area contributed by atoms with E-state index >= 15 is 0 Å². The molecule has 1 aromatic heterocycles. The molecular formula is C15H13BrF4N2O3S2. The maximum Gasteiger partial charge on any atom is 0.404 e. The fourth-order valence-corrected chi connectivity index (χ4v) is 5.01. The molecule has 1 atom stereocenters. The highest BCUT2D eigenvalue weighted by atomic mass is 79.9. The molecule has 1 heterocycles. The second-order valence-electron chi connectivity index (χ2n) is 5.50. The van der Waals surface area contributed by atoms with Gasteiger partial charge in [0.25, 0.3) is 15.9 Å². The Kier molecular flexibility index (Phi) is 6.34. The first-order valence-corrected chi connectivity index (χ1v) is 10.4. The molecule has 0 aliphatic rings. The van der Waals surface area contributed by atoms with Gasteiger partial charge in [0.2, 0.25) is 0 Å². The maximum atomic E-state index is 13.2. The molecular weight excluding hydrogens is 476 g/mol. The van der Waals surface area contributed by atoms with Gasteiger partial charge in [0.1, 0.15) is 16.1 Å². The van der Waals surface area contributed by atoms with Crippen molar-refractivity contribution >= 4 is 48.9 Å². The maximum absolute atomic E-state index is 13.2. The molecule has 0 saturated heterocycles. The number of benzene rings is 1. The number of hydrogen-bond acceptors (Lipinski definition) is 4. The minimum Gasteiger partial charge on any atom is -0.322 e. The predicted molar refractivity (Wildman–Crippen MR) is 96.9 cm³/mol. The summed E-state index contributed by atoms with van der Waals surface area (Å²) in [6, 6.07) is 2.47. The summed E-state index contributed by atoms with van der Waals surface area (Å²) in [4.78, 5) is 12.6. The van der Waals surface area contributed by atoms with Crippen LogP contribution >= 0.6 is 27.3 Å². The van der Waals surface area contributed by atoms with Crippen LogP contribution in [0.3, 0.4) is 0 Å². The Morgan fingerprint density at radius 3 is 2.44 bits per heavy atom. The molecule has 0 saturated carbocycles. The number of alkyl halides is 3. The highest BCUT2D eigenvalue weighted by molar-refractivity contribution is 9.10. The summed E-state index contributed by atoms with van der Waals surface area (Å²) < 4.78 is 76.5. The Balaban J connectivity index is 2.24. The van der Waals surface area contributed by atoms with Gasteiger partial charge in [-0.2, -0.15) is 17.9 Å². The first-order valence-electron chi connectivity index (χ1n) is 7.27. The van der Waals surface area contributed by atoms with Crippen molar-refractivity contribution in [3.05, 3.63) is 45.0 Å². The van der Waals surface area contributed by atoms with Crippen molar-refractivity contribution in [2.24, 2.45) is 0 Å². The Morgan fingerprint density at radius 2 is 1.89 bits per heavy atom. The molecule has 0 aliphatic carbocycles. The zero-order valence-electron chi connectivity index (χ0n) is 13.8. The molecule has 5 nitrogen and oxygen atoms in total. The number of amides is 1. The Bertz CT molecular complexity index is 974. The van der Waals surface area contributed by atoms with Crippen LogP contribution in [-0.2, 0) is 10.0 Å². The van der Waals surface area contributed by atoms with E-state index in [0.717, 1.165) is 12.1 Å². The lowest BCUT2D eigenvalue weighted by Crippen LogP contribution is -2.42. The first kappa shape index (κ1) is 21.8. The second kappa shape index (κ2) is 7.86. The molecule has 27 heavy (non-hydrogen) atoms. The van der Waals surface area contributed by atoms with Crippen LogP contribution in [0.1, 0.15) is 22.2 Å². The van der Waals surface area contributed by atoms with E-state index in [-0.39, 0.29) is 15.7 Å². The quantitative estimate of drug-likeness (QED) is 0.610. The number of rotatable bonds is 5. The summed E-state index contributed by atoms with van der Waals surface area (Å²) in [5.41, 5.74) is 0.243. The zero-order chi connectivity index (χ0) is 20.6. The number of hydrogen-bond donors (Lipinski definition) is 2. The smallest absolute Gasteiger partial charge is 0.322 e. The summed E-state index contributed by atoms with van der Waals surface area (Å²) in [5.74, 6) is -1.20. The van der Waals surface area contributed by atoms with Crippen LogP contribution in [-0.4, -0.2) is 26.5 Å². The van der Waals surface area contributed by atoms with E-state index < -0.39 is 38.2 Å². The summed E-state index contributed by atoms with van der Waals surface area (Å²) in [6.45, 7) is 2.14. The van der Waals surface area contributed by atoms with Crippen molar-refractivity contribution in [2.75, 3.05) is 5.32 Å². The third-order valence-corrected chi connectivity index (χ3v) is 7.08. The molecule has 0 aliphatic heterocycles. The lowest BCUT2D eigenvalue weighted by Gasteiger charge is -2.16. The van der Waals surface area contributed by atoms with Gasteiger partial charge >= 0.3 is 6.18 Å². The minimum atomic E-state index is -4.74. The van der Waals surface area contributed by atoms with E-state index in [1.165, 1.54) is 23.8 Å². The average molecular weight is 489 g/mol. The minimum absolute atomic E-state index is 0.0134. The van der Waals surface area contributed by atoms with Crippen LogP contribution in [0, 0.1) is 12.7 Å². The number of thiophene rings is 1. The third-order valence-electron chi connectivity index (χ3n) is 3.41. The van der Waals surface area contributed by atoms with Gasteiger partial charge in [0.05, 0.1) is 10.0 Å². The molecule has 0 radical (unpaired) electrons. The standard InChI is InChI=1S/C15H13BrF4N2O3S2/c1-7-10(14(23)21-9-3-4-12(17)11(16)5-9)6-13(26-7)27(24,25)22-8(2)15(18,19)20/h3-6,8,22H,1-2H3,(H,21,23)/t8-/m1/s1. The zero-order valence-corrected chi connectivity index (χ0v) is 17.0. The topological polar surface area (TPSA) is 75.3 Å². The Hall–Kier alpha value is -1.50. The lowest BCUT2D eigenvalue weighted by atomic mass is 10.2. The molecule has 2 N–H and O–H groups in total. The van der Waals surface area contributed by atoms with Crippen molar-refractivity contribution in [1.29, 1.82) is 0 Å². The van der Waals surface area contributed by atoms with E-state index in [2.05, 4.69) is 21.2 Å². The van der Waals surface area contributed by atoms with Crippen LogP contribution < -0.4 is 10.0 Å². The first-order chi connectivity index (χ1) is 12.3. The van der Waals surface area contributed by atoms with Gasteiger partial charge in [0, 0.05) is 10.6 Å². The van der Waals surface area contributed by atoms with Crippen LogP contribution in [0.4, 0.5) is 23.2 Å². The molecule has 1 aromatic carbocycles. The van der Waals surface area contributed by atoms with E-state index in [9.17, 15) is 30.8 Å². The monoisotopic (exact) mass is 488 g/mol. The van der Waals surface area contributed by atoms with Gasteiger partial charge in [-0.15, -0.1) is 11.3 Å². The molecule has 0 bridgehead atoms.